The summed E-state index contributed by atoms with van der Waals surface area (Å²) in [6.07, 6.45) is 4.50. The first kappa shape index (κ1) is 13.0. The van der Waals surface area contributed by atoms with Gasteiger partial charge in [0.05, 0.1) is 11.7 Å². The number of rotatable bonds is 3. The third kappa shape index (κ3) is 2.25. The minimum atomic E-state index is -0.769. The van der Waals surface area contributed by atoms with Crippen molar-refractivity contribution in [2.45, 2.75) is 44.7 Å². The molecule has 0 bridgehead atoms. The van der Waals surface area contributed by atoms with Gasteiger partial charge in [0, 0.05) is 6.20 Å². The largest absolute Gasteiger partial charge is 0.480 e. The Morgan fingerprint density at radius 1 is 1.50 bits per heavy atom. The van der Waals surface area contributed by atoms with Crippen LogP contribution in [-0.4, -0.2) is 33.0 Å². The van der Waals surface area contributed by atoms with Gasteiger partial charge >= 0.3 is 5.97 Å². The number of hydrogen-bond donors (Lipinski definition) is 1. The molecule has 4 nitrogen and oxygen atoms in total. The molecule has 1 aromatic rings. The molecule has 1 N–H and O–H groups in total. The second-order valence-electron chi connectivity index (χ2n) is 5.16. The number of piperidine rings is 1. The quantitative estimate of drug-likeness (QED) is 0.892. The predicted molar refractivity (Wildman–Crippen MR) is 69.2 cm³/mol. The number of likely N-dealkylation sites (tertiary alicyclic amines) is 1. The molecule has 1 saturated heterocycles. The monoisotopic (exact) mass is 248 g/mol. The van der Waals surface area contributed by atoms with Crippen LogP contribution < -0.4 is 0 Å². The van der Waals surface area contributed by atoms with Crippen molar-refractivity contribution in [2.24, 2.45) is 0 Å². The third-order valence-corrected chi connectivity index (χ3v) is 3.99. The molecule has 0 radical (unpaired) electrons. The molecule has 0 amide bonds. The van der Waals surface area contributed by atoms with E-state index in [1.165, 1.54) is 0 Å². The van der Waals surface area contributed by atoms with Gasteiger partial charge in [-0.05, 0) is 51.8 Å². The van der Waals surface area contributed by atoms with Gasteiger partial charge in [0.1, 0.15) is 5.54 Å². The van der Waals surface area contributed by atoms with E-state index in [4.69, 9.17) is 0 Å². The summed E-state index contributed by atoms with van der Waals surface area (Å²) in [6, 6.07) is 5.82. The minimum Gasteiger partial charge on any atom is -0.480 e. The number of aromatic nitrogens is 1. The maximum absolute atomic E-state index is 11.6. The summed E-state index contributed by atoms with van der Waals surface area (Å²) in [6.45, 7) is 4.68. The molecule has 0 spiro atoms. The van der Waals surface area contributed by atoms with Crippen molar-refractivity contribution in [3.05, 3.63) is 30.1 Å². The fourth-order valence-electron chi connectivity index (χ4n) is 2.78. The van der Waals surface area contributed by atoms with Gasteiger partial charge in [0.25, 0.3) is 0 Å². The maximum atomic E-state index is 11.6. The van der Waals surface area contributed by atoms with Gasteiger partial charge in [-0.1, -0.05) is 6.07 Å². The molecule has 0 aliphatic carbocycles. The Labute approximate surface area is 108 Å². The van der Waals surface area contributed by atoms with Gasteiger partial charge in [0.15, 0.2) is 0 Å². The first-order valence-electron chi connectivity index (χ1n) is 6.47. The lowest BCUT2D eigenvalue weighted by Gasteiger charge is -2.44. The van der Waals surface area contributed by atoms with Gasteiger partial charge in [-0.2, -0.15) is 0 Å². The summed E-state index contributed by atoms with van der Waals surface area (Å²) in [5.41, 5.74) is 0.168. The third-order valence-electron chi connectivity index (χ3n) is 3.99. The second-order valence-corrected chi connectivity index (χ2v) is 5.16. The molecule has 2 rings (SSSR count). The smallest absolute Gasteiger partial charge is 0.323 e. The van der Waals surface area contributed by atoms with Crippen LogP contribution in [0.15, 0.2) is 24.4 Å². The van der Waals surface area contributed by atoms with Crippen LogP contribution in [0.25, 0.3) is 0 Å². The zero-order valence-electron chi connectivity index (χ0n) is 11.0. The Bertz CT molecular complexity index is 421. The predicted octanol–water partition coefficient (Wildman–Crippen LogP) is 2.47. The topological polar surface area (TPSA) is 53.4 Å². The number of aliphatic carboxylic acids is 1. The number of nitrogens with zero attached hydrogens (tertiary/aromatic N) is 2. The van der Waals surface area contributed by atoms with E-state index in [0.717, 1.165) is 25.1 Å². The molecule has 1 aliphatic rings. The van der Waals surface area contributed by atoms with Crippen LogP contribution >= 0.6 is 0 Å². The first-order valence-corrected chi connectivity index (χ1v) is 6.47. The van der Waals surface area contributed by atoms with Gasteiger partial charge in [-0.25, -0.2) is 0 Å². The number of carboxylic acid groups (broad SMARTS) is 1. The number of carboxylic acids is 1. The average molecular weight is 248 g/mol. The van der Waals surface area contributed by atoms with Crippen molar-refractivity contribution in [2.75, 3.05) is 6.54 Å². The molecule has 1 aromatic heterocycles. The first-order chi connectivity index (χ1) is 8.55. The van der Waals surface area contributed by atoms with E-state index in [9.17, 15) is 9.90 Å². The number of pyridine rings is 1. The van der Waals surface area contributed by atoms with Crippen molar-refractivity contribution >= 4 is 5.97 Å². The summed E-state index contributed by atoms with van der Waals surface area (Å²) >= 11 is 0. The zero-order chi connectivity index (χ0) is 13.2. The fraction of sp³-hybridized carbons (Fsp3) is 0.571. The highest BCUT2D eigenvalue weighted by molar-refractivity contribution is 5.78. The van der Waals surface area contributed by atoms with Crippen LogP contribution in [0.2, 0.25) is 0 Å². The van der Waals surface area contributed by atoms with Crippen LogP contribution in [0.4, 0.5) is 0 Å². The lowest BCUT2D eigenvalue weighted by atomic mass is 9.86. The Morgan fingerprint density at radius 2 is 2.28 bits per heavy atom. The molecule has 0 aromatic carbocycles. The summed E-state index contributed by atoms with van der Waals surface area (Å²) < 4.78 is 0. The summed E-state index contributed by atoms with van der Waals surface area (Å²) in [5.74, 6) is -0.731. The van der Waals surface area contributed by atoms with Crippen LogP contribution in [0.3, 0.4) is 0 Å². The minimum absolute atomic E-state index is 0.0348. The average Bonchev–Trinajstić information content (AvgIpc) is 2.39. The standard InChI is InChI=1S/C14H20N2O2/c1-11(12-7-3-5-9-15-12)16-10-6-4-8-14(16,2)13(17)18/h3,5,7,9,11H,4,6,8,10H2,1-2H3,(H,17,18). The molecule has 1 aliphatic heterocycles. The summed E-state index contributed by atoms with van der Waals surface area (Å²) in [7, 11) is 0. The SMILES string of the molecule is CC(c1ccccn1)N1CCCCC1(C)C(=O)O. The normalized spacial score (nSPS) is 26.8. The maximum Gasteiger partial charge on any atom is 0.323 e. The molecule has 18 heavy (non-hydrogen) atoms. The molecule has 98 valence electrons. The molecular formula is C14H20N2O2. The van der Waals surface area contributed by atoms with Crippen molar-refractivity contribution in [1.82, 2.24) is 9.88 Å². The summed E-state index contributed by atoms with van der Waals surface area (Å²) in [4.78, 5) is 18.0. The highest BCUT2D eigenvalue weighted by Gasteiger charge is 2.43. The van der Waals surface area contributed by atoms with Crippen LogP contribution in [0.1, 0.15) is 44.8 Å². The molecule has 2 heterocycles. The highest BCUT2D eigenvalue weighted by Crippen LogP contribution is 2.35. The molecule has 4 heteroatoms. The molecule has 2 atom stereocenters. The summed E-state index contributed by atoms with van der Waals surface area (Å²) in [5, 5.41) is 9.50. The molecular weight excluding hydrogens is 228 g/mol. The van der Waals surface area contributed by atoms with E-state index < -0.39 is 11.5 Å². The molecule has 1 fully saturated rings. The second kappa shape index (κ2) is 5.06. The van der Waals surface area contributed by atoms with Gasteiger partial charge in [0.2, 0.25) is 0 Å². The van der Waals surface area contributed by atoms with E-state index in [2.05, 4.69) is 9.88 Å². The Morgan fingerprint density at radius 3 is 2.89 bits per heavy atom. The van der Waals surface area contributed by atoms with Crippen LogP contribution in [0.5, 0.6) is 0 Å². The van der Waals surface area contributed by atoms with Crippen molar-refractivity contribution in [3.63, 3.8) is 0 Å². The highest BCUT2D eigenvalue weighted by atomic mass is 16.4. The Kier molecular flexibility index (Phi) is 3.66. The Balaban J connectivity index is 2.27. The van der Waals surface area contributed by atoms with E-state index in [0.29, 0.717) is 6.42 Å². The van der Waals surface area contributed by atoms with Crippen molar-refractivity contribution < 1.29 is 9.90 Å². The van der Waals surface area contributed by atoms with Gasteiger partial charge in [-0.3, -0.25) is 14.7 Å². The lowest BCUT2D eigenvalue weighted by molar-refractivity contribution is -0.155. The number of hydrogen-bond acceptors (Lipinski definition) is 3. The van der Waals surface area contributed by atoms with Crippen molar-refractivity contribution in [3.8, 4) is 0 Å². The van der Waals surface area contributed by atoms with E-state index >= 15 is 0 Å². The fourth-order valence-corrected chi connectivity index (χ4v) is 2.78. The van der Waals surface area contributed by atoms with Gasteiger partial charge < -0.3 is 5.11 Å². The van der Waals surface area contributed by atoms with E-state index in [1.54, 1.807) is 6.20 Å². The van der Waals surface area contributed by atoms with Crippen molar-refractivity contribution in [1.29, 1.82) is 0 Å². The van der Waals surface area contributed by atoms with E-state index in [1.807, 2.05) is 32.0 Å². The zero-order valence-corrected chi connectivity index (χ0v) is 11.0. The number of carbonyl (C=O) groups is 1. The molecule has 2 unspecified atom stereocenters. The Hall–Kier alpha value is -1.42. The van der Waals surface area contributed by atoms with Crippen LogP contribution in [0, 0.1) is 0 Å². The lowest BCUT2D eigenvalue weighted by Crippen LogP contribution is -2.55. The van der Waals surface area contributed by atoms with Crippen LogP contribution in [-0.2, 0) is 4.79 Å². The van der Waals surface area contributed by atoms with E-state index in [-0.39, 0.29) is 6.04 Å². The van der Waals surface area contributed by atoms with Gasteiger partial charge in [-0.15, -0.1) is 0 Å². The molecule has 0 saturated carbocycles.